The number of hydrogen-bond acceptors (Lipinski definition) is 4. The standard InChI is InChI=1S/C28H32F3N5/c1-18-13-23(10-11-32-18)35-16-20-8-9-21(17-35)25(20)15-26-33-27-24(7-2-3-12-36(27)34-26)19-5-4-6-22(14-19)28(29,30)31/h4-6,10-11,13-14,20-21,24-25H,2-3,7-9,12,15-17H2,1H3/t20-,21+,24?,25?. The van der Waals surface area contributed by atoms with E-state index in [1.54, 1.807) is 6.07 Å². The van der Waals surface area contributed by atoms with Gasteiger partial charge in [-0.15, -0.1) is 0 Å². The molecule has 0 radical (unpaired) electrons. The van der Waals surface area contributed by atoms with E-state index >= 15 is 0 Å². The molecule has 0 N–H and O–H groups in total. The molecule has 2 aliphatic heterocycles. The second-order valence-corrected chi connectivity index (χ2v) is 10.8. The molecular formula is C28H32F3N5. The van der Waals surface area contributed by atoms with Crippen LogP contribution in [0.2, 0.25) is 0 Å². The molecule has 5 nitrogen and oxygen atoms in total. The van der Waals surface area contributed by atoms with Crippen molar-refractivity contribution in [3.8, 4) is 0 Å². The first-order chi connectivity index (χ1) is 17.3. The zero-order chi connectivity index (χ0) is 24.9. The van der Waals surface area contributed by atoms with Gasteiger partial charge in [0.05, 0.1) is 5.56 Å². The van der Waals surface area contributed by atoms with Gasteiger partial charge in [-0.3, -0.25) is 4.98 Å². The van der Waals surface area contributed by atoms with Gasteiger partial charge in [0.25, 0.3) is 0 Å². The summed E-state index contributed by atoms with van der Waals surface area (Å²) in [6.07, 6.45) is 3.60. The molecule has 36 heavy (non-hydrogen) atoms. The highest BCUT2D eigenvalue weighted by atomic mass is 19.4. The summed E-state index contributed by atoms with van der Waals surface area (Å²) in [6, 6.07) is 10.0. The van der Waals surface area contributed by atoms with Crippen LogP contribution in [0.4, 0.5) is 18.9 Å². The van der Waals surface area contributed by atoms with Crippen LogP contribution < -0.4 is 4.90 Å². The van der Waals surface area contributed by atoms with Gasteiger partial charge in [0.2, 0.25) is 0 Å². The topological polar surface area (TPSA) is 46.8 Å². The van der Waals surface area contributed by atoms with Gasteiger partial charge < -0.3 is 4.90 Å². The van der Waals surface area contributed by atoms with Crippen molar-refractivity contribution in [1.29, 1.82) is 0 Å². The number of halogens is 3. The van der Waals surface area contributed by atoms with Crippen LogP contribution in [0.15, 0.2) is 42.6 Å². The van der Waals surface area contributed by atoms with Crippen molar-refractivity contribution in [1.82, 2.24) is 19.7 Å². The molecule has 2 aromatic heterocycles. The van der Waals surface area contributed by atoms with E-state index in [0.29, 0.717) is 23.3 Å². The van der Waals surface area contributed by atoms with E-state index in [1.807, 2.05) is 17.8 Å². The lowest BCUT2D eigenvalue weighted by atomic mass is 9.82. The van der Waals surface area contributed by atoms with E-state index in [4.69, 9.17) is 10.1 Å². The Hall–Kier alpha value is -2.90. The summed E-state index contributed by atoms with van der Waals surface area (Å²) in [5, 5.41) is 4.90. The number of aromatic nitrogens is 4. The fraction of sp³-hybridized carbons (Fsp3) is 0.536. The van der Waals surface area contributed by atoms with E-state index < -0.39 is 11.7 Å². The third-order valence-electron chi connectivity index (χ3n) is 8.48. The monoisotopic (exact) mass is 495 g/mol. The van der Waals surface area contributed by atoms with Crippen LogP contribution in [-0.2, 0) is 19.1 Å². The summed E-state index contributed by atoms with van der Waals surface area (Å²) in [5.41, 5.74) is 2.39. The normalized spacial score (nSPS) is 26.1. The van der Waals surface area contributed by atoms with Gasteiger partial charge >= 0.3 is 6.18 Å². The Kier molecular flexibility index (Phi) is 6.00. The van der Waals surface area contributed by atoms with Gasteiger partial charge in [-0.05, 0) is 74.1 Å². The third kappa shape index (κ3) is 4.50. The van der Waals surface area contributed by atoms with Gasteiger partial charge in [0.1, 0.15) is 5.82 Å². The molecule has 8 heteroatoms. The van der Waals surface area contributed by atoms with Crippen molar-refractivity contribution in [2.75, 3.05) is 18.0 Å². The number of alkyl halides is 3. The molecule has 1 aromatic carbocycles. The summed E-state index contributed by atoms with van der Waals surface area (Å²) < 4.78 is 42.1. The molecule has 4 heterocycles. The van der Waals surface area contributed by atoms with Crippen LogP contribution >= 0.6 is 0 Å². The van der Waals surface area contributed by atoms with Crippen LogP contribution in [0, 0.1) is 24.7 Å². The fourth-order valence-electron chi connectivity index (χ4n) is 6.72. The lowest BCUT2D eigenvalue weighted by Gasteiger charge is -2.39. The molecule has 0 amide bonds. The molecular weight excluding hydrogens is 463 g/mol. The highest BCUT2D eigenvalue weighted by Crippen LogP contribution is 2.45. The van der Waals surface area contributed by atoms with Crippen molar-refractivity contribution < 1.29 is 13.2 Å². The zero-order valence-electron chi connectivity index (χ0n) is 20.6. The SMILES string of the molecule is Cc1cc(N2C[C@H]3CC[C@@H](C2)C3Cc2nc3n(n2)CCCCC3c2cccc(C(F)(F)F)c2)ccn1. The summed E-state index contributed by atoms with van der Waals surface area (Å²) in [7, 11) is 0. The van der Waals surface area contributed by atoms with E-state index in [2.05, 4.69) is 22.0 Å². The minimum absolute atomic E-state index is 0.149. The highest BCUT2D eigenvalue weighted by molar-refractivity contribution is 5.47. The Morgan fingerprint density at radius 3 is 2.56 bits per heavy atom. The zero-order valence-corrected chi connectivity index (χ0v) is 20.6. The van der Waals surface area contributed by atoms with Crippen LogP contribution in [-0.4, -0.2) is 32.8 Å². The Labute approximate surface area is 209 Å². The molecule has 1 saturated carbocycles. The number of hydrogen-bond donors (Lipinski definition) is 0. The van der Waals surface area contributed by atoms with Gasteiger partial charge in [0.15, 0.2) is 5.82 Å². The van der Waals surface area contributed by atoms with Gasteiger partial charge in [-0.2, -0.15) is 18.3 Å². The average Bonchev–Trinajstić information content (AvgIpc) is 3.25. The number of aryl methyl sites for hydroxylation is 2. The number of anilines is 1. The smallest absolute Gasteiger partial charge is 0.371 e. The first kappa shape index (κ1) is 23.5. The van der Waals surface area contributed by atoms with Gasteiger partial charge in [-0.25, -0.2) is 9.67 Å². The van der Waals surface area contributed by atoms with Crippen LogP contribution in [0.3, 0.4) is 0 Å². The quantitative estimate of drug-likeness (QED) is 0.444. The van der Waals surface area contributed by atoms with E-state index in [0.717, 1.165) is 68.7 Å². The second kappa shape index (κ2) is 9.20. The van der Waals surface area contributed by atoms with Crippen LogP contribution in [0.5, 0.6) is 0 Å². The van der Waals surface area contributed by atoms with E-state index in [-0.39, 0.29) is 5.92 Å². The molecule has 6 rings (SSSR count). The number of nitrogens with zero attached hydrogens (tertiary/aromatic N) is 5. The van der Waals surface area contributed by atoms with Crippen LogP contribution in [0.25, 0.3) is 0 Å². The number of pyridine rings is 1. The summed E-state index contributed by atoms with van der Waals surface area (Å²) in [4.78, 5) is 11.8. The lowest BCUT2D eigenvalue weighted by Crippen LogP contribution is -2.42. The molecule has 2 unspecified atom stereocenters. The highest BCUT2D eigenvalue weighted by Gasteiger charge is 2.43. The predicted octanol–water partition coefficient (Wildman–Crippen LogP) is 6.02. The molecule has 3 aliphatic rings. The Morgan fingerprint density at radius 1 is 1.00 bits per heavy atom. The average molecular weight is 496 g/mol. The molecule has 0 spiro atoms. The molecule has 3 aromatic rings. The van der Waals surface area contributed by atoms with Crippen LogP contribution in [0.1, 0.15) is 66.5 Å². The molecule has 2 bridgehead atoms. The molecule has 1 aliphatic carbocycles. The Morgan fingerprint density at radius 2 is 1.81 bits per heavy atom. The predicted molar refractivity (Wildman–Crippen MR) is 132 cm³/mol. The lowest BCUT2D eigenvalue weighted by molar-refractivity contribution is -0.137. The van der Waals surface area contributed by atoms with Crippen molar-refractivity contribution in [3.63, 3.8) is 0 Å². The number of benzene rings is 1. The summed E-state index contributed by atoms with van der Waals surface area (Å²) in [6.45, 7) is 4.91. The molecule has 4 atom stereocenters. The largest absolute Gasteiger partial charge is 0.416 e. The maximum absolute atomic E-state index is 13.4. The van der Waals surface area contributed by atoms with Gasteiger partial charge in [-0.1, -0.05) is 24.6 Å². The van der Waals surface area contributed by atoms with Crippen molar-refractivity contribution >= 4 is 5.69 Å². The van der Waals surface area contributed by atoms with Gasteiger partial charge in [0, 0.05) is 49.6 Å². The van der Waals surface area contributed by atoms with Crippen molar-refractivity contribution in [2.45, 2.75) is 64.1 Å². The Bertz CT molecular complexity index is 1220. The second-order valence-electron chi connectivity index (χ2n) is 10.8. The summed E-state index contributed by atoms with van der Waals surface area (Å²) in [5.74, 6) is 3.32. The Balaban J connectivity index is 1.22. The van der Waals surface area contributed by atoms with Crippen molar-refractivity contribution in [2.24, 2.45) is 17.8 Å². The first-order valence-corrected chi connectivity index (χ1v) is 13.1. The van der Waals surface area contributed by atoms with Crippen molar-refractivity contribution in [3.05, 3.63) is 71.1 Å². The number of fused-ring (bicyclic) bond motifs is 3. The third-order valence-corrected chi connectivity index (χ3v) is 8.48. The number of rotatable bonds is 4. The fourth-order valence-corrected chi connectivity index (χ4v) is 6.72. The molecule has 1 saturated heterocycles. The molecule has 2 fully saturated rings. The molecule has 190 valence electrons. The van der Waals surface area contributed by atoms with E-state index in [9.17, 15) is 13.2 Å². The summed E-state index contributed by atoms with van der Waals surface area (Å²) >= 11 is 0. The maximum atomic E-state index is 13.4. The maximum Gasteiger partial charge on any atom is 0.416 e. The number of piperidine rings is 1. The van der Waals surface area contributed by atoms with E-state index in [1.165, 1.54) is 30.7 Å². The first-order valence-electron chi connectivity index (χ1n) is 13.1. The minimum atomic E-state index is -4.34. The minimum Gasteiger partial charge on any atom is -0.371 e.